The van der Waals surface area contributed by atoms with Crippen LogP contribution in [0.2, 0.25) is 0 Å². The predicted octanol–water partition coefficient (Wildman–Crippen LogP) is 3.95. The summed E-state index contributed by atoms with van der Waals surface area (Å²) in [5.41, 5.74) is 2.32. The first-order valence-corrected chi connectivity index (χ1v) is 6.41. The number of hydrogen-bond acceptors (Lipinski definition) is 3. The molecule has 0 atom stereocenters. The number of rotatable bonds is 2. The van der Waals surface area contributed by atoms with Gasteiger partial charge < -0.3 is 0 Å². The molecule has 0 fully saturated rings. The Bertz CT molecular complexity index is 554. The Morgan fingerprint density at radius 1 is 1.50 bits per heavy atom. The second kappa shape index (κ2) is 4.77. The van der Waals surface area contributed by atoms with Crippen molar-refractivity contribution in [1.82, 2.24) is 4.98 Å². The zero-order chi connectivity index (χ0) is 11.5. The highest BCUT2D eigenvalue weighted by molar-refractivity contribution is 9.10. The molecule has 0 radical (unpaired) electrons. The Labute approximate surface area is 107 Å². The smallest absolute Gasteiger partial charge is 0.124 e. The zero-order valence-electron chi connectivity index (χ0n) is 8.70. The lowest BCUT2D eigenvalue weighted by atomic mass is 10.1. The first-order chi connectivity index (χ1) is 7.70. The summed E-state index contributed by atoms with van der Waals surface area (Å²) in [4.78, 5) is 5.41. The van der Waals surface area contributed by atoms with Crippen molar-refractivity contribution in [3.63, 3.8) is 0 Å². The van der Waals surface area contributed by atoms with Gasteiger partial charge in [-0.1, -0.05) is 23.8 Å². The maximum absolute atomic E-state index is 8.68. The van der Waals surface area contributed by atoms with Gasteiger partial charge in [0.25, 0.3) is 0 Å². The largest absolute Gasteiger partial charge is 0.229 e. The van der Waals surface area contributed by atoms with Crippen molar-refractivity contribution in [2.24, 2.45) is 0 Å². The van der Waals surface area contributed by atoms with Crippen molar-refractivity contribution in [2.75, 3.05) is 0 Å². The Morgan fingerprint density at radius 3 is 3.00 bits per heavy atom. The molecule has 0 unspecified atom stereocenters. The number of nitrogens with zero attached hydrogens (tertiary/aromatic N) is 2. The monoisotopic (exact) mass is 292 g/mol. The molecule has 1 aromatic heterocycles. The molecular weight excluding hydrogens is 284 g/mol. The summed E-state index contributed by atoms with van der Waals surface area (Å²) in [6.45, 7) is 2.06. The summed E-state index contributed by atoms with van der Waals surface area (Å²) in [5.74, 6) is 0. The standard InChI is InChI=1S/C12H9BrN2S/c1-8-3-2-4-9(7-8)12-15-11(13)10(16-12)5-6-14/h2-4,7H,5H2,1H3. The summed E-state index contributed by atoms with van der Waals surface area (Å²) in [6, 6.07) is 10.4. The fraction of sp³-hybridized carbons (Fsp3) is 0.167. The van der Waals surface area contributed by atoms with Crippen LogP contribution in [0.1, 0.15) is 10.4 Å². The third kappa shape index (κ3) is 2.31. The maximum atomic E-state index is 8.68. The lowest BCUT2D eigenvalue weighted by Gasteiger charge is -1.96. The summed E-state index contributed by atoms with van der Waals surface area (Å²) in [7, 11) is 0. The van der Waals surface area contributed by atoms with Crippen LogP contribution in [0.5, 0.6) is 0 Å². The molecule has 0 amide bonds. The highest BCUT2D eigenvalue weighted by atomic mass is 79.9. The van der Waals surface area contributed by atoms with Gasteiger partial charge in [-0.05, 0) is 28.9 Å². The van der Waals surface area contributed by atoms with Crippen LogP contribution in [0.4, 0.5) is 0 Å². The summed E-state index contributed by atoms with van der Waals surface area (Å²) in [6.07, 6.45) is 0.407. The van der Waals surface area contributed by atoms with Gasteiger partial charge in [-0.3, -0.25) is 0 Å². The molecule has 0 aliphatic carbocycles. The zero-order valence-corrected chi connectivity index (χ0v) is 11.1. The first kappa shape index (κ1) is 11.3. The van der Waals surface area contributed by atoms with Crippen molar-refractivity contribution in [2.45, 2.75) is 13.3 Å². The predicted molar refractivity (Wildman–Crippen MR) is 69.3 cm³/mol. The molecule has 16 heavy (non-hydrogen) atoms. The van der Waals surface area contributed by atoms with E-state index in [1.165, 1.54) is 5.56 Å². The first-order valence-electron chi connectivity index (χ1n) is 4.80. The SMILES string of the molecule is Cc1cccc(-c2nc(Br)c(CC#N)s2)c1. The number of halogens is 1. The number of benzene rings is 1. The minimum Gasteiger partial charge on any atom is -0.229 e. The summed E-state index contributed by atoms with van der Waals surface area (Å²) >= 11 is 4.95. The van der Waals surface area contributed by atoms with E-state index in [1.807, 2.05) is 12.1 Å². The van der Waals surface area contributed by atoms with Crippen molar-refractivity contribution in [3.05, 3.63) is 39.3 Å². The normalized spacial score (nSPS) is 10.1. The second-order valence-electron chi connectivity index (χ2n) is 3.44. The van der Waals surface area contributed by atoms with Crippen molar-refractivity contribution < 1.29 is 0 Å². The molecule has 0 bridgehead atoms. The van der Waals surface area contributed by atoms with E-state index in [-0.39, 0.29) is 0 Å². The molecule has 0 aliphatic rings. The van der Waals surface area contributed by atoms with Gasteiger partial charge in [-0.25, -0.2) is 4.98 Å². The van der Waals surface area contributed by atoms with Gasteiger partial charge >= 0.3 is 0 Å². The summed E-state index contributed by atoms with van der Waals surface area (Å²) in [5, 5.41) is 9.64. The van der Waals surface area contributed by atoms with Crippen LogP contribution in [0.3, 0.4) is 0 Å². The van der Waals surface area contributed by atoms with E-state index < -0.39 is 0 Å². The lowest BCUT2D eigenvalue weighted by Crippen LogP contribution is -1.77. The van der Waals surface area contributed by atoms with Crippen LogP contribution in [0, 0.1) is 18.3 Å². The molecule has 1 heterocycles. The summed E-state index contributed by atoms with van der Waals surface area (Å²) < 4.78 is 0.788. The number of nitriles is 1. The molecule has 0 N–H and O–H groups in total. The Morgan fingerprint density at radius 2 is 2.31 bits per heavy atom. The average molecular weight is 293 g/mol. The fourth-order valence-electron chi connectivity index (χ4n) is 1.42. The molecule has 80 valence electrons. The Balaban J connectivity index is 2.42. The highest BCUT2D eigenvalue weighted by Gasteiger charge is 2.09. The maximum Gasteiger partial charge on any atom is 0.124 e. The molecule has 2 rings (SSSR count). The highest BCUT2D eigenvalue weighted by Crippen LogP contribution is 2.31. The molecule has 0 saturated heterocycles. The molecule has 0 spiro atoms. The van der Waals surface area contributed by atoms with Crippen LogP contribution in [-0.2, 0) is 6.42 Å². The number of thiazole rings is 1. The lowest BCUT2D eigenvalue weighted by molar-refractivity contribution is 1.24. The second-order valence-corrected chi connectivity index (χ2v) is 5.27. The number of aryl methyl sites for hydroxylation is 1. The van der Waals surface area contributed by atoms with Gasteiger partial charge in [0.1, 0.15) is 9.61 Å². The van der Waals surface area contributed by atoms with E-state index in [2.05, 4.69) is 46.0 Å². The molecule has 0 aliphatic heterocycles. The van der Waals surface area contributed by atoms with E-state index in [1.54, 1.807) is 11.3 Å². The Kier molecular flexibility index (Phi) is 3.37. The van der Waals surface area contributed by atoms with Gasteiger partial charge in [0.2, 0.25) is 0 Å². The number of hydrogen-bond donors (Lipinski definition) is 0. The van der Waals surface area contributed by atoms with Gasteiger partial charge in [-0.15, -0.1) is 11.3 Å². The van der Waals surface area contributed by atoms with Gasteiger partial charge in [0, 0.05) is 5.56 Å². The van der Waals surface area contributed by atoms with E-state index in [0.29, 0.717) is 6.42 Å². The molecule has 2 nitrogen and oxygen atoms in total. The minimum atomic E-state index is 0.407. The fourth-order valence-corrected chi connectivity index (χ4v) is 2.97. The number of aromatic nitrogens is 1. The van der Waals surface area contributed by atoms with Crippen LogP contribution < -0.4 is 0 Å². The van der Waals surface area contributed by atoms with Gasteiger partial charge in [0.05, 0.1) is 17.4 Å². The average Bonchev–Trinajstić information content (AvgIpc) is 2.61. The van der Waals surface area contributed by atoms with E-state index in [0.717, 1.165) is 20.1 Å². The van der Waals surface area contributed by atoms with Gasteiger partial charge in [-0.2, -0.15) is 5.26 Å². The topological polar surface area (TPSA) is 36.7 Å². The van der Waals surface area contributed by atoms with Crippen LogP contribution in [0.25, 0.3) is 10.6 Å². The van der Waals surface area contributed by atoms with Crippen molar-refractivity contribution in [1.29, 1.82) is 5.26 Å². The van der Waals surface area contributed by atoms with Gasteiger partial charge in [0.15, 0.2) is 0 Å². The third-order valence-electron chi connectivity index (χ3n) is 2.15. The Hall–Kier alpha value is -1.18. The molecule has 4 heteroatoms. The van der Waals surface area contributed by atoms with Crippen LogP contribution >= 0.6 is 27.3 Å². The molecule has 1 aromatic carbocycles. The third-order valence-corrected chi connectivity index (χ3v) is 4.18. The van der Waals surface area contributed by atoms with E-state index in [9.17, 15) is 0 Å². The van der Waals surface area contributed by atoms with E-state index in [4.69, 9.17) is 5.26 Å². The minimum absolute atomic E-state index is 0.407. The van der Waals surface area contributed by atoms with Crippen molar-refractivity contribution in [3.8, 4) is 16.6 Å². The molecule has 2 aromatic rings. The quantitative estimate of drug-likeness (QED) is 0.840. The van der Waals surface area contributed by atoms with E-state index >= 15 is 0 Å². The molecule has 0 saturated carbocycles. The molecular formula is C12H9BrN2S. The van der Waals surface area contributed by atoms with Crippen molar-refractivity contribution >= 4 is 27.3 Å². The van der Waals surface area contributed by atoms with Crippen LogP contribution in [0.15, 0.2) is 28.9 Å². The van der Waals surface area contributed by atoms with Crippen LogP contribution in [-0.4, -0.2) is 4.98 Å².